The average molecular weight is 346 g/mol. The Hall–Kier alpha value is -2.18. The third-order valence-corrected chi connectivity index (χ3v) is 5.48. The first kappa shape index (κ1) is 16.3. The molecule has 134 valence electrons. The summed E-state index contributed by atoms with van der Waals surface area (Å²) in [5.41, 5.74) is 0.881. The molecule has 1 saturated heterocycles. The largest absolute Gasteiger partial charge is 0.335 e. The van der Waals surface area contributed by atoms with Crippen molar-refractivity contribution in [1.82, 2.24) is 19.6 Å². The van der Waals surface area contributed by atoms with Crippen molar-refractivity contribution in [2.45, 2.75) is 44.2 Å². The number of aromatic nitrogens is 2. The third kappa shape index (κ3) is 2.96. The smallest absolute Gasteiger partial charge is 0.228 e. The Balaban J connectivity index is 1.67. The summed E-state index contributed by atoms with van der Waals surface area (Å²) in [4.78, 5) is 29.3. The average Bonchev–Trinajstić information content (AvgIpc) is 3.35. The van der Waals surface area contributed by atoms with Gasteiger partial charge in [0.25, 0.3) is 0 Å². The number of rotatable bonds is 3. The number of hydrogen-bond donors (Lipinski definition) is 0. The fraction of sp³-hybridized carbons (Fsp3) is 0.611. The number of nitrogens with zero attached hydrogens (tertiary/aromatic N) is 4. The lowest BCUT2D eigenvalue weighted by Crippen LogP contribution is -2.51. The first-order valence-electron chi connectivity index (χ1n) is 8.98. The third-order valence-electron chi connectivity index (χ3n) is 5.48. The quantitative estimate of drug-likeness (QED) is 0.840. The Morgan fingerprint density at radius 3 is 2.76 bits per heavy atom. The molecule has 4 rings (SSSR count). The number of aryl methyl sites for hydroxylation is 1. The molecule has 2 aliphatic heterocycles. The topological polar surface area (TPSA) is 58.4 Å². The van der Waals surface area contributed by atoms with Gasteiger partial charge in [-0.15, -0.1) is 0 Å². The van der Waals surface area contributed by atoms with Gasteiger partial charge < -0.3 is 9.80 Å². The van der Waals surface area contributed by atoms with Crippen LogP contribution >= 0.6 is 0 Å². The SMILES string of the molecule is Cn1nccc1[C@@H]1[C@@H](C(=O)N2CCC=C(F)C2)CCC(=O)N1C1CC1. The Labute approximate surface area is 146 Å². The van der Waals surface area contributed by atoms with E-state index in [0.717, 1.165) is 18.5 Å². The number of likely N-dealkylation sites (tertiary alicyclic amines) is 1. The maximum Gasteiger partial charge on any atom is 0.228 e. The zero-order valence-electron chi connectivity index (χ0n) is 14.4. The molecule has 25 heavy (non-hydrogen) atoms. The second-order valence-electron chi connectivity index (χ2n) is 7.20. The van der Waals surface area contributed by atoms with Gasteiger partial charge in [-0.2, -0.15) is 5.10 Å². The summed E-state index contributed by atoms with van der Waals surface area (Å²) >= 11 is 0. The summed E-state index contributed by atoms with van der Waals surface area (Å²) in [5, 5.41) is 4.23. The van der Waals surface area contributed by atoms with E-state index >= 15 is 0 Å². The first-order chi connectivity index (χ1) is 12.1. The molecule has 3 heterocycles. The predicted molar refractivity (Wildman–Crippen MR) is 88.9 cm³/mol. The second kappa shape index (κ2) is 6.28. The summed E-state index contributed by atoms with van der Waals surface area (Å²) in [7, 11) is 1.84. The molecule has 0 bridgehead atoms. The van der Waals surface area contributed by atoms with Crippen LogP contribution in [0.3, 0.4) is 0 Å². The van der Waals surface area contributed by atoms with Gasteiger partial charge in [-0.1, -0.05) is 0 Å². The molecule has 7 heteroatoms. The van der Waals surface area contributed by atoms with Gasteiger partial charge in [-0.25, -0.2) is 4.39 Å². The van der Waals surface area contributed by atoms with Crippen LogP contribution < -0.4 is 0 Å². The fourth-order valence-corrected chi connectivity index (χ4v) is 4.11. The molecule has 1 aromatic heterocycles. The van der Waals surface area contributed by atoms with E-state index in [0.29, 0.717) is 25.8 Å². The molecule has 1 saturated carbocycles. The van der Waals surface area contributed by atoms with Crippen molar-refractivity contribution in [3.63, 3.8) is 0 Å². The minimum atomic E-state index is -0.334. The number of amides is 2. The molecule has 1 aliphatic carbocycles. The normalized spacial score (nSPS) is 27.4. The summed E-state index contributed by atoms with van der Waals surface area (Å²) in [5.74, 6) is -0.516. The Kier molecular flexibility index (Phi) is 4.09. The van der Waals surface area contributed by atoms with E-state index in [-0.39, 0.29) is 42.2 Å². The molecule has 0 N–H and O–H groups in total. The van der Waals surface area contributed by atoms with Crippen LogP contribution in [0, 0.1) is 5.92 Å². The molecule has 2 atom stereocenters. The number of halogens is 1. The number of carbonyl (C=O) groups excluding carboxylic acids is 2. The molecule has 0 radical (unpaired) electrons. The fourth-order valence-electron chi connectivity index (χ4n) is 4.11. The van der Waals surface area contributed by atoms with Crippen molar-refractivity contribution in [3.8, 4) is 0 Å². The van der Waals surface area contributed by atoms with Crippen LogP contribution in [-0.2, 0) is 16.6 Å². The molecular weight excluding hydrogens is 323 g/mol. The lowest BCUT2D eigenvalue weighted by molar-refractivity contribution is -0.149. The summed E-state index contributed by atoms with van der Waals surface area (Å²) in [6.07, 6.45) is 6.66. The monoisotopic (exact) mass is 346 g/mol. The first-order valence-corrected chi connectivity index (χ1v) is 8.98. The van der Waals surface area contributed by atoms with Crippen LogP contribution in [0.2, 0.25) is 0 Å². The van der Waals surface area contributed by atoms with Gasteiger partial charge in [0.2, 0.25) is 11.8 Å². The predicted octanol–water partition coefficient (Wildman–Crippen LogP) is 1.95. The lowest BCUT2D eigenvalue weighted by atomic mass is 9.85. The van der Waals surface area contributed by atoms with Crippen LogP contribution in [-0.4, -0.2) is 50.5 Å². The van der Waals surface area contributed by atoms with E-state index in [1.165, 1.54) is 0 Å². The zero-order valence-corrected chi connectivity index (χ0v) is 14.4. The number of carbonyl (C=O) groups is 2. The van der Waals surface area contributed by atoms with Gasteiger partial charge in [0, 0.05) is 32.3 Å². The summed E-state index contributed by atoms with van der Waals surface area (Å²) < 4.78 is 15.4. The highest BCUT2D eigenvalue weighted by atomic mass is 19.1. The molecule has 2 fully saturated rings. The van der Waals surface area contributed by atoms with Crippen molar-refractivity contribution < 1.29 is 14.0 Å². The van der Waals surface area contributed by atoms with Crippen molar-refractivity contribution in [2.24, 2.45) is 13.0 Å². The van der Waals surface area contributed by atoms with Gasteiger partial charge in [0.1, 0.15) is 5.83 Å². The highest BCUT2D eigenvalue weighted by Gasteiger charge is 2.48. The maximum absolute atomic E-state index is 13.7. The summed E-state index contributed by atoms with van der Waals surface area (Å²) in [6, 6.07) is 1.80. The van der Waals surface area contributed by atoms with Gasteiger partial charge >= 0.3 is 0 Å². The molecular formula is C18H23FN4O2. The van der Waals surface area contributed by atoms with Gasteiger partial charge in [-0.3, -0.25) is 14.3 Å². The zero-order chi connectivity index (χ0) is 17.6. The van der Waals surface area contributed by atoms with Crippen LogP contribution in [0.25, 0.3) is 0 Å². The van der Waals surface area contributed by atoms with Crippen molar-refractivity contribution in [3.05, 3.63) is 29.9 Å². The van der Waals surface area contributed by atoms with Crippen LogP contribution in [0.5, 0.6) is 0 Å². The van der Waals surface area contributed by atoms with Crippen LogP contribution in [0.1, 0.15) is 43.8 Å². The van der Waals surface area contributed by atoms with Crippen molar-refractivity contribution in [2.75, 3.05) is 13.1 Å². The molecule has 6 nitrogen and oxygen atoms in total. The van der Waals surface area contributed by atoms with Crippen LogP contribution in [0.15, 0.2) is 24.2 Å². The Morgan fingerprint density at radius 1 is 1.32 bits per heavy atom. The summed E-state index contributed by atoms with van der Waals surface area (Å²) in [6.45, 7) is 0.586. The van der Waals surface area contributed by atoms with E-state index in [4.69, 9.17) is 0 Å². The molecule has 0 aromatic carbocycles. The van der Waals surface area contributed by atoms with E-state index in [2.05, 4.69) is 5.10 Å². The molecule has 0 unspecified atom stereocenters. The maximum atomic E-state index is 13.7. The minimum absolute atomic E-state index is 0.0464. The van der Waals surface area contributed by atoms with Crippen molar-refractivity contribution >= 4 is 11.8 Å². The Morgan fingerprint density at radius 2 is 2.12 bits per heavy atom. The molecule has 1 aromatic rings. The minimum Gasteiger partial charge on any atom is -0.335 e. The lowest BCUT2D eigenvalue weighted by Gasteiger charge is -2.42. The highest BCUT2D eigenvalue weighted by Crippen LogP contribution is 2.44. The van der Waals surface area contributed by atoms with Gasteiger partial charge in [0.05, 0.1) is 24.2 Å². The molecule has 0 spiro atoms. The highest BCUT2D eigenvalue weighted by molar-refractivity contribution is 5.85. The number of piperidine rings is 1. The van der Waals surface area contributed by atoms with E-state index < -0.39 is 0 Å². The van der Waals surface area contributed by atoms with Crippen LogP contribution in [0.4, 0.5) is 4.39 Å². The van der Waals surface area contributed by atoms with Gasteiger partial charge in [0.15, 0.2) is 0 Å². The van der Waals surface area contributed by atoms with E-state index in [9.17, 15) is 14.0 Å². The second-order valence-corrected chi connectivity index (χ2v) is 7.20. The number of hydrogen-bond acceptors (Lipinski definition) is 3. The molecule has 3 aliphatic rings. The molecule has 2 amide bonds. The van der Waals surface area contributed by atoms with Gasteiger partial charge in [-0.05, 0) is 37.8 Å². The standard InChI is InChI=1S/C18H23FN4O2/c1-21-15(8-9-20-21)17-14(6-7-16(24)23(17)13-4-5-13)18(25)22-10-2-3-12(19)11-22/h3,8-9,13-14,17H,2,4-7,10-11H2,1H3/t14-,17-/m0/s1. The van der Waals surface area contributed by atoms with Crippen molar-refractivity contribution in [1.29, 1.82) is 0 Å². The Bertz CT molecular complexity index is 724. The van der Waals surface area contributed by atoms with E-state index in [1.807, 2.05) is 18.0 Å². The van der Waals surface area contributed by atoms with E-state index in [1.54, 1.807) is 21.9 Å².